The maximum atomic E-state index is 5.70. The lowest BCUT2D eigenvalue weighted by Gasteiger charge is -2.17. The molecule has 5 heteroatoms. The molecule has 0 spiro atoms. The highest BCUT2D eigenvalue weighted by molar-refractivity contribution is 5.28. The topological polar surface area (TPSA) is 68.8 Å². The Labute approximate surface area is 119 Å². The lowest BCUT2D eigenvalue weighted by molar-refractivity contribution is 0.393. The van der Waals surface area contributed by atoms with Gasteiger partial charge in [-0.05, 0) is 24.5 Å². The van der Waals surface area contributed by atoms with Crippen molar-refractivity contribution in [2.24, 2.45) is 11.8 Å². The molecule has 1 aromatic heterocycles. The van der Waals surface area contributed by atoms with Crippen molar-refractivity contribution in [2.45, 2.75) is 38.1 Å². The number of benzene rings is 1. The maximum absolute atomic E-state index is 5.70. The Balaban J connectivity index is 1.74. The van der Waals surface area contributed by atoms with E-state index in [0.29, 0.717) is 0 Å². The van der Waals surface area contributed by atoms with Gasteiger partial charge in [0.1, 0.15) is 5.69 Å². The molecule has 1 heterocycles. The number of rotatable bonds is 5. The Hall–Kier alpha value is -1.72. The van der Waals surface area contributed by atoms with Gasteiger partial charge in [0.15, 0.2) is 0 Å². The highest BCUT2D eigenvalue weighted by atomic mass is 15.5. The Bertz CT molecular complexity index is 530. The Kier molecular flexibility index (Phi) is 4.08. The first kappa shape index (κ1) is 13.3. The Morgan fingerprint density at radius 3 is 2.70 bits per heavy atom. The minimum absolute atomic E-state index is 0.0931. The third-order valence-electron chi connectivity index (χ3n) is 4.10. The van der Waals surface area contributed by atoms with Crippen molar-refractivity contribution in [3.8, 4) is 5.69 Å². The van der Waals surface area contributed by atoms with E-state index in [2.05, 4.69) is 15.6 Å². The first-order valence-electron chi connectivity index (χ1n) is 7.30. The van der Waals surface area contributed by atoms with Crippen LogP contribution in [0.3, 0.4) is 0 Å². The number of para-hydroxylation sites is 1. The van der Waals surface area contributed by atoms with E-state index >= 15 is 0 Å². The van der Waals surface area contributed by atoms with Crippen molar-refractivity contribution in [3.63, 3.8) is 0 Å². The Morgan fingerprint density at radius 2 is 2.00 bits per heavy atom. The highest BCUT2D eigenvalue weighted by Crippen LogP contribution is 2.32. The normalized spacial score (nSPS) is 17.4. The number of nitrogens with two attached hydrogens (primary N) is 1. The quantitative estimate of drug-likeness (QED) is 0.647. The third kappa shape index (κ3) is 2.89. The summed E-state index contributed by atoms with van der Waals surface area (Å²) in [4.78, 5) is 1.66. The number of aromatic nitrogens is 3. The summed E-state index contributed by atoms with van der Waals surface area (Å²) in [7, 11) is 0. The second-order valence-electron chi connectivity index (χ2n) is 5.50. The maximum Gasteiger partial charge on any atom is 0.101 e. The summed E-state index contributed by atoms with van der Waals surface area (Å²) in [6.07, 6.45) is 8.17. The molecular weight excluding hydrogens is 250 g/mol. The van der Waals surface area contributed by atoms with Crippen LogP contribution in [0, 0.1) is 5.92 Å². The van der Waals surface area contributed by atoms with Crippen LogP contribution in [0.2, 0.25) is 0 Å². The zero-order valence-electron chi connectivity index (χ0n) is 11.6. The van der Waals surface area contributed by atoms with E-state index in [1.165, 1.54) is 25.7 Å². The van der Waals surface area contributed by atoms with E-state index in [0.717, 1.165) is 23.7 Å². The summed E-state index contributed by atoms with van der Waals surface area (Å²) in [6.45, 7) is 0. The van der Waals surface area contributed by atoms with Gasteiger partial charge in [-0.15, -0.1) is 0 Å². The summed E-state index contributed by atoms with van der Waals surface area (Å²) in [5, 5.41) is 8.90. The van der Waals surface area contributed by atoms with Gasteiger partial charge in [0.05, 0.1) is 17.9 Å². The van der Waals surface area contributed by atoms with Crippen molar-refractivity contribution in [1.82, 2.24) is 20.4 Å². The first-order chi connectivity index (χ1) is 9.86. The van der Waals surface area contributed by atoms with Crippen molar-refractivity contribution in [2.75, 3.05) is 0 Å². The molecule has 1 atom stereocenters. The second-order valence-corrected chi connectivity index (χ2v) is 5.50. The van der Waals surface area contributed by atoms with E-state index in [1.54, 1.807) is 4.80 Å². The molecule has 5 nitrogen and oxygen atoms in total. The van der Waals surface area contributed by atoms with Gasteiger partial charge in [0.2, 0.25) is 0 Å². The fraction of sp³-hybridized carbons (Fsp3) is 0.467. The van der Waals surface area contributed by atoms with Gasteiger partial charge in [-0.3, -0.25) is 11.3 Å². The van der Waals surface area contributed by atoms with Crippen LogP contribution >= 0.6 is 0 Å². The molecule has 1 saturated carbocycles. The van der Waals surface area contributed by atoms with E-state index < -0.39 is 0 Å². The molecule has 3 rings (SSSR count). The minimum atomic E-state index is 0.0931. The molecular formula is C15H21N5. The average molecular weight is 271 g/mol. The van der Waals surface area contributed by atoms with Crippen LogP contribution < -0.4 is 11.3 Å². The number of nitrogens with one attached hydrogen (secondary N) is 1. The van der Waals surface area contributed by atoms with E-state index in [-0.39, 0.29) is 6.04 Å². The van der Waals surface area contributed by atoms with Crippen LogP contribution in [-0.2, 0) is 0 Å². The fourth-order valence-corrected chi connectivity index (χ4v) is 2.97. The zero-order chi connectivity index (χ0) is 13.8. The predicted molar refractivity (Wildman–Crippen MR) is 78.0 cm³/mol. The van der Waals surface area contributed by atoms with Gasteiger partial charge in [-0.25, -0.2) is 0 Å². The zero-order valence-corrected chi connectivity index (χ0v) is 11.6. The van der Waals surface area contributed by atoms with Crippen LogP contribution in [0.5, 0.6) is 0 Å². The fourth-order valence-electron chi connectivity index (χ4n) is 2.97. The lowest BCUT2D eigenvalue weighted by Crippen LogP contribution is -2.29. The van der Waals surface area contributed by atoms with E-state index in [1.807, 2.05) is 36.5 Å². The molecule has 0 saturated heterocycles. The van der Waals surface area contributed by atoms with E-state index in [4.69, 9.17) is 5.84 Å². The van der Waals surface area contributed by atoms with Crippen LogP contribution in [0.25, 0.3) is 5.69 Å². The second kappa shape index (κ2) is 6.15. The predicted octanol–water partition coefficient (Wildman–Crippen LogP) is 2.35. The first-order valence-corrected chi connectivity index (χ1v) is 7.30. The largest absolute Gasteiger partial charge is 0.271 e. The Morgan fingerprint density at radius 1 is 1.25 bits per heavy atom. The summed E-state index contributed by atoms with van der Waals surface area (Å²) < 4.78 is 0. The van der Waals surface area contributed by atoms with Crippen LogP contribution in [0.1, 0.15) is 43.8 Å². The number of hydrogen-bond acceptors (Lipinski definition) is 4. The summed E-state index contributed by atoms with van der Waals surface area (Å²) >= 11 is 0. The smallest absolute Gasteiger partial charge is 0.101 e. The van der Waals surface area contributed by atoms with Crippen molar-refractivity contribution >= 4 is 0 Å². The molecule has 0 bridgehead atoms. The van der Waals surface area contributed by atoms with Crippen LogP contribution in [0.15, 0.2) is 36.5 Å². The SMILES string of the molecule is NNC(CC1CCCC1)c1cnn(-c2ccccc2)n1. The minimum Gasteiger partial charge on any atom is -0.271 e. The summed E-state index contributed by atoms with van der Waals surface area (Å²) in [6, 6.07) is 10.0. The summed E-state index contributed by atoms with van der Waals surface area (Å²) in [5.74, 6) is 6.47. The van der Waals surface area contributed by atoms with Crippen molar-refractivity contribution in [3.05, 3.63) is 42.2 Å². The molecule has 0 amide bonds. The molecule has 3 N–H and O–H groups in total. The number of hydrazine groups is 1. The molecule has 106 valence electrons. The van der Waals surface area contributed by atoms with Gasteiger partial charge >= 0.3 is 0 Å². The molecule has 2 aromatic rings. The molecule has 0 aliphatic heterocycles. The van der Waals surface area contributed by atoms with Gasteiger partial charge in [-0.2, -0.15) is 15.0 Å². The van der Waals surface area contributed by atoms with Crippen LogP contribution in [0.4, 0.5) is 0 Å². The van der Waals surface area contributed by atoms with Gasteiger partial charge < -0.3 is 0 Å². The lowest BCUT2D eigenvalue weighted by atomic mass is 9.97. The number of hydrogen-bond donors (Lipinski definition) is 2. The molecule has 1 aromatic carbocycles. The van der Waals surface area contributed by atoms with Gasteiger partial charge in [0, 0.05) is 0 Å². The molecule has 1 fully saturated rings. The van der Waals surface area contributed by atoms with E-state index in [9.17, 15) is 0 Å². The molecule has 0 radical (unpaired) electrons. The molecule has 20 heavy (non-hydrogen) atoms. The average Bonchev–Trinajstić information content (AvgIpc) is 3.17. The molecule has 1 unspecified atom stereocenters. The summed E-state index contributed by atoms with van der Waals surface area (Å²) in [5.41, 5.74) is 4.78. The molecule has 1 aliphatic carbocycles. The highest BCUT2D eigenvalue weighted by Gasteiger charge is 2.22. The third-order valence-corrected chi connectivity index (χ3v) is 4.10. The van der Waals surface area contributed by atoms with Gasteiger partial charge in [-0.1, -0.05) is 43.9 Å². The molecule has 1 aliphatic rings. The van der Waals surface area contributed by atoms with Crippen molar-refractivity contribution in [1.29, 1.82) is 0 Å². The van der Waals surface area contributed by atoms with Crippen molar-refractivity contribution < 1.29 is 0 Å². The monoisotopic (exact) mass is 271 g/mol. The van der Waals surface area contributed by atoms with Gasteiger partial charge in [0.25, 0.3) is 0 Å². The van der Waals surface area contributed by atoms with Crippen LogP contribution in [-0.4, -0.2) is 15.0 Å². The number of nitrogens with zero attached hydrogens (tertiary/aromatic N) is 3. The standard InChI is InChI=1S/C15H21N5/c16-18-14(10-12-6-4-5-7-12)15-11-17-20(19-15)13-8-2-1-3-9-13/h1-3,8-9,11-12,14,18H,4-7,10,16H2.